The van der Waals surface area contributed by atoms with Gasteiger partial charge in [0.2, 0.25) is 0 Å². The quantitative estimate of drug-likeness (QED) is 0.690. The first-order valence-corrected chi connectivity index (χ1v) is 7.86. The van der Waals surface area contributed by atoms with Crippen LogP contribution in [-0.4, -0.2) is 42.8 Å². The Labute approximate surface area is 124 Å². The first-order chi connectivity index (χ1) is 9.72. The predicted octanol–water partition coefficient (Wildman–Crippen LogP) is 2.61. The van der Waals surface area contributed by atoms with Gasteiger partial charge in [0.05, 0.1) is 12.1 Å². The molecule has 0 aliphatic heterocycles. The van der Waals surface area contributed by atoms with Crippen molar-refractivity contribution < 1.29 is 5.11 Å². The number of nitrogens with one attached hydrogen (secondary N) is 1. The van der Waals surface area contributed by atoms with Crippen molar-refractivity contribution in [1.29, 1.82) is 0 Å². The van der Waals surface area contributed by atoms with Crippen LogP contribution in [-0.2, 0) is 5.54 Å². The summed E-state index contributed by atoms with van der Waals surface area (Å²) in [6.45, 7) is 10.7. The van der Waals surface area contributed by atoms with Gasteiger partial charge in [-0.1, -0.05) is 51.1 Å². The van der Waals surface area contributed by atoms with E-state index in [2.05, 4.69) is 43.1 Å². The molecule has 0 spiro atoms. The van der Waals surface area contributed by atoms with Crippen molar-refractivity contribution in [3.8, 4) is 0 Å². The van der Waals surface area contributed by atoms with Gasteiger partial charge in [0.25, 0.3) is 0 Å². The zero-order valence-corrected chi connectivity index (χ0v) is 13.2. The van der Waals surface area contributed by atoms with E-state index in [4.69, 9.17) is 0 Å². The monoisotopic (exact) mass is 278 g/mol. The number of rotatable bonds is 10. The van der Waals surface area contributed by atoms with Gasteiger partial charge in [0.15, 0.2) is 0 Å². The molecule has 0 radical (unpaired) electrons. The lowest BCUT2D eigenvalue weighted by Crippen LogP contribution is -2.48. The van der Waals surface area contributed by atoms with Crippen molar-refractivity contribution in [2.75, 3.05) is 32.8 Å². The lowest BCUT2D eigenvalue weighted by atomic mass is 9.87. The average Bonchev–Trinajstić information content (AvgIpc) is 2.51. The van der Waals surface area contributed by atoms with Crippen LogP contribution in [0.1, 0.15) is 39.2 Å². The molecule has 1 aromatic rings. The minimum atomic E-state index is -0.322. The molecule has 0 aromatic heterocycles. The van der Waals surface area contributed by atoms with Crippen molar-refractivity contribution in [3.63, 3.8) is 0 Å². The molecule has 1 rings (SSSR count). The highest BCUT2D eigenvalue weighted by Crippen LogP contribution is 2.25. The van der Waals surface area contributed by atoms with Gasteiger partial charge in [-0.2, -0.15) is 0 Å². The van der Waals surface area contributed by atoms with Crippen LogP contribution in [0.2, 0.25) is 0 Å². The minimum Gasteiger partial charge on any atom is -0.394 e. The van der Waals surface area contributed by atoms with Crippen LogP contribution in [0, 0.1) is 0 Å². The molecule has 1 unspecified atom stereocenters. The molecule has 3 nitrogen and oxygen atoms in total. The summed E-state index contributed by atoms with van der Waals surface area (Å²) in [6.07, 6.45) is 2.10. The highest BCUT2D eigenvalue weighted by molar-refractivity contribution is 5.24. The van der Waals surface area contributed by atoms with E-state index in [1.807, 2.05) is 18.2 Å². The molecule has 0 bridgehead atoms. The molecule has 2 N–H and O–H groups in total. The number of likely N-dealkylation sites (N-methyl/N-ethyl adjacent to an activating group) is 1. The second-order valence-corrected chi connectivity index (χ2v) is 5.32. The maximum Gasteiger partial charge on any atom is 0.0681 e. The molecular weight excluding hydrogens is 248 g/mol. The van der Waals surface area contributed by atoms with Crippen LogP contribution in [0.15, 0.2) is 30.3 Å². The summed E-state index contributed by atoms with van der Waals surface area (Å²) in [6, 6.07) is 10.3. The fraction of sp³-hybridized carbons (Fsp3) is 0.647. The maximum atomic E-state index is 10.00. The molecular formula is C17H30N2O. The van der Waals surface area contributed by atoms with Gasteiger partial charge in [-0.15, -0.1) is 0 Å². The first-order valence-electron chi connectivity index (χ1n) is 7.86. The third-order valence-electron chi connectivity index (χ3n) is 3.95. The van der Waals surface area contributed by atoms with Crippen LogP contribution in [0.5, 0.6) is 0 Å². The molecule has 0 amide bonds. The van der Waals surface area contributed by atoms with Gasteiger partial charge >= 0.3 is 0 Å². The van der Waals surface area contributed by atoms with Crippen LogP contribution >= 0.6 is 0 Å². The van der Waals surface area contributed by atoms with E-state index in [-0.39, 0.29) is 12.1 Å². The smallest absolute Gasteiger partial charge is 0.0681 e. The Morgan fingerprint density at radius 1 is 1.10 bits per heavy atom. The predicted molar refractivity (Wildman–Crippen MR) is 85.9 cm³/mol. The summed E-state index contributed by atoms with van der Waals surface area (Å²) in [5, 5.41) is 13.5. The molecule has 0 saturated carbocycles. The number of benzene rings is 1. The normalized spacial score (nSPS) is 14.4. The van der Waals surface area contributed by atoms with E-state index in [0.717, 1.165) is 32.6 Å². The largest absolute Gasteiger partial charge is 0.394 e. The van der Waals surface area contributed by atoms with Gasteiger partial charge in [0.1, 0.15) is 0 Å². The maximum absolute atomic E-state index is 10.00. The highest BCUT2D eigenvalue weighted by atomic mass is 16.3. The minimum absolute atomic E-state index is 0.133. The molecule has 0 fully saturated rings. The fourth-order valence-electron chi connectivity index (χ4n) is 2.75. The van der Waals surface area contributed by atoms with E-state index in [1.165, 1.54) is 12.0 Å². The van der Waals surface area contributed by atoms with Gasteiger partial charge in [0, 0.05) is 6.54 Å². The lowest BCUT2D eigenvalue weighted by molar-refractivity contribution is 0.134. The summed E-state index contributed by atoms with van der Waals surface area (Å²) in [5.41, 5.74) is 0.855. The fourth-order valence-corrected chi connectivity index (χ4v) is 2.75. The molecule has 114 valence electrons. The van der Waals surface area contributed by atoms with Crippen molar-refractivity contribution >= 4 is 0 Å². The zero-order valence-electron chi connectivity index (χ0n) is 13.2. The van der Waals surface area contributed by atoms with Crippen molar-refractivity contribution in [2.45, 2.75) is 39.2 Å². The molecule has 0 saturated heterocycles. The van der Waals surface area contributed by atoms with Gasteiger partial charge in [-0.25, -0.2) is 0 Å². The topological polar surface area (TPSA) is 35.5 Å². The Morgan fingerprint density at radius 2 is 1.80 bits per heavy atom. The molecule has 1 atom stereocenters. The first kappa shape index (κ1) is 17.2. The third kappa shape index (κ3) is 4.58. The Bertz CT molecular complexity index is 355. The van der Waals surface area contributed by atoms with E-state index >= 15 is 0 Å². The molecule has 3 heteroatoms. The van der Waals surface area contributed by atoms with E-state index in [9.17, 15) is 5.11 Å². The van der Waals surface area contributed by atoms with E-state index in [0.29, 0.717) is 0 Å². The van der Waals surface area contributed by atoms with Gasteiger partial charge in [-0.3, -0.25) is 0 Å². The SMILES string of the molecule is CCCN(CC)CCC(CO)(NCC)c1ccccc1. The van der Waals surface area contributed by atoms with Crippen LogP contribution in [0.3, 0.4) is 0 Å². The third-order valence-corrected chi connectivity index (χ3v) is 3.95. The summed E-state index contributed by atoms with van der Waals surface area (Å²) < 4.78 is 0. The number of hydrogen-bond donors (Lipinski definition) is 2. The van der Waals surface area contributed by atoms with Crippen LogP contribution < -0.4 is 5.32 Å². The van der Waals surface area contributed by atoms with Crippen molar-refractivity contribution in [1.82, 2.24) is 10.2 Å². The molecule has 0 aliphatic rings. The van der Waals surface area contributed by atoms with Crippen molar-refractivity contribution in [2.24, 2.45) is 0 Å². The second kappa shape index (κ2) is 9.11. The average molecular weight is 278 g/mol. The van der Waals surface area contributed by atoms with Crippen LogP contribution in [0.4, 0.5) is 0 Å². The molecule has 0 aliphatic carbocycles. The van der Waals surface area contributed by atoms with E-state index in [1.54, 1.807) is 0 Å². The molecule has 1 aromatic carbocycles. The standard InChI is InChI=1S/C17H30N2O/c1-4-13-19(6-3)14-12-17(15-20,18-5-2)16-10-8-7-9-11-16/h7-11,18,20H,4-6,12-15H2,1-3H3. The van der Waals surface area contributed by atoms with Crippen LogP contribution in [0.25, 0.3) is 0 Å². The Kier molecular flexibility index (Phi) is 7.82. The summed E-state index contributed by atoms with van der Waals surface area (Å²) >= 11 is 0. The van der Waals surface area contributed by atoms with Crippen molar-refractivity contribution in [3.05, 3.63) is 35.9 Å². The lowest BCUT2D eigenvalue weighted by Gasteiger charge is -2.35. The highest BCUT2D eigenvalue weighted by Gasteiger charge is 2.30. The molecule has 20 heavy (non-hydrogen) atoms. The number of aliphatic hydroxyl groups is 1. The Hall–Kier alpha value is -0.900. The Morgan fingerprint density at radius 3 is 2.30 bits per heavy atom. The second-order valence-electron chi connectivity index (χ2n) is 5.32. The number of hydrogen-bond acceptors (Lipinski definition) is 3. The number of aliphatic hydroxyl groups excluding tert-OH is 1. The van der Waals surface area contributed by atoms with Gasteiger partial charge < -0.3 is 15.3 Å². The summed E-state index contributed by atoms with van der Waals surface area (Å²) in [7, 11) is 0. The van der Waals surface area contributed by atoms with E-state index < -0.39 is 0 Å². The summed E-state index contributed by atoms with van der Waals surface area (Å²) in [4.78, 5) is 2.45. The number of nitrogens with zero attached hydrogens (tertiary/aromatic N) is 1. The Balaban J connectivity index is 2.83. The summed E-state index contributed by atoms with van der Waals surface area (Å²) in [5.74, 6) is 0. The van der Waals surface area contributed by atoms with Gasteiger partial charge in [-0.05, 0) is 38.0 Å². The zero-order chi connectivity index (χ0) is 14.8. The molecule has 0 heterocycles.